The first-order valence-electron chi connectivity index (χ1n) is 11.6. The van der Waals surface area contributed by atoms with Gasteiger partial charge in [0.25, 0.3) is 0 Å². The van der Waals surface area contributed by atoms with Gasteiger partial charge in [-0.05, 0) is 54.0 Å². The summed E-state index contributed by atoms with van der Waals surface area (Å²) in [6.07, 6.45) is -1.18. The average molecular weight is 532 g/mol. The molecule has 3 aromatic rings. The summed E-state index contributed by atoms with van der Waals surface area (Å²) in [7, 11) is -0.377. The van der Waals surface area contributed by atoms with Crippen LogP contribution in [0.25, 0.3) is 11.1 Å². The molecule has 1 fully saturated rings. The first-order valence-corrected chi connectivity index (χ1v) is 14.0. The van der Waals surface area contributed by atoms with Crippen LogP contribution >= 0.6 is 11.5 Å². The number of β-amino-alcohol motifs (C(OH)–C–C–N with tert-alkyl or cyclic N) is 1. The molecular weight excluding hydrogens is 502 g/mol. The molecule has 2 aliphatic rings. The van der Waals surface area contributed by atoms with Gasteiger partial charge in [-0.15, -0.1) is 5.10 Å². The number of aliphatic hydroxyl groups excluding tert-OH is 1. The van der Waals surface area contributed by atoms with Gasteiger partial charge in [-0.1, -0.05) is 22.7 Å². The van der Waals surface area contributed by atoms with Gasteiger partial charge in [0.1, 0.15) is 22.5 Å². The largest absolute Gasteiger partial charge is 0.497 e. The Hall–Kier alpha value is -2.61. The highest BCUT2D eigenvalue weighted by molar-refractivity contribution is 7.89. The lowest BCUT2D eigenvalue weighted by Crippen LogP contribution is -2.47. The highest BCUT2D eigenvalue weighted by Crippen LogP contribution is 2.34. The van der Waals surface area contributed by atoms with Crippen molar-refractivity contribution in [2.75, 3.05) is 40.3 Å². The summed E-state index contributed by atoms with van der Waals surface area (Å²) in [4.78, 5) is 4.31. The minimum atomic E-state index is -3.91. The summed E-state index contributed by atoms with van der Waals surface area (Å²) in [5.41, 5.74) is 2.58. The van der Waals surface area contributed by atoms with E-state index in [4.69, 9.17) is 9.47 Å². The fourth-order valence-electron chi connectivity index (χ4n) is 4.77. The van der Waals surface area contributed by atoms with Crippen LogP contribution in [-0.4, -0.2) is 91.5 Å². The summed E-state index contributed by atoms with van der Waals surface area (Å²) in [6, 6.07) is 12.6. The van der Waals surface area contributed by atoms with Crippen LogP contribution in [0.3, 0.4) is 0 Å². The second-order valence-electron chi connectivity index (χ2n) is 9.15. The maximum Gasteiger partial charge on any atom is 0.244 e. The van der Waals surface area contributed by atoms with Gasteiger partial charge in [0.05, 0.1) is 24.9 Å². The number of nitrogens with one attached hydrogen (secondary N) is 1. The molecule has 2 N–H and O–H groups in total. The lowest BCUT2D eigenvalue weighted by Gasteiger charge is -2.30. The first kappa shape index (κ1) is 25.1. The smallest absolute Gasteiger partial charge is 0.244 e. The second kappa shape index (κ2) is 10.4. The van der Waals surface area contributed by atoms with Gasteiger partial charge in [-0.3, -0.25) is 9.80 Å². The third-order valence-corrected chi connectivity index (χ3v) is 8.61. The van der Waals surface area contributed by atoms with Crippen molar-refractivity contribution in [3.8, 4) is 22.6 Å². The van der Waals surface area contributed by atoms with Crippen molar-refractivity contribution in [1.29, 1.82) is 0 Å². The fraction of sp³-hybridized carbons (Fsp3) is 0.417. The van der Waals surface area contributed by atoms with E-state index >= 15 is 0 Å². The second-order valence-corrected chi connectivity index (χ2v) is 11.5. The molecule has 0 amide bonds. The van der Waals surface area contributed by atoms with Crippen molar-refractivity contribution >= 4 is 21.6 Å². The molecule has 1 saturated heterocycles. The number of fused-ring (bicyclic) bond motifs is 2. The van der Waals surface area contributed by atoms with Crippen LogP contribution in [0.5, 0.6) is 11.5 Å². The van der Waals surface area contributed by atoms with Crippen molar-refractivity contribution in [3.63, 3.8) is 0 Å². The van der Waals surface area contributed by atoms with Crippen LogP contribution in [0.1, 0.15) is 5.69 Å². The number of sulfonamides is 1. The van der Waals surface area contributed by atoms with E-state index in [0.29, 0.717) is 31.9 Å². The number of methoxy groups -OCH3 is 1. The third kappa shape index (κ3) is 5.38. The Morgan fingerprint density at radius 1 is 1.19 bits per heavy atom. The Bertz CT molecular complexity index is 1300. The zero-order valence-corrected chi connectivity index (χ0v) is 21.7. The van der Waals surface area contributed by atoms with Gasteiger partial charge in [-0.25, -0.2) is 13.1 Å². The van der Waals surface area contributed by atoms with Gasteiger partial charge in [0, 0.05) is 38.1 Å². The Balaban J connectivity index is 1.53. The zero-order valence-electron chi connectivity index (χ0n) is 20.1. The number of benzene rings is 2. The quantitative estimate of drug-likeness (QED) is 0.516. The molecule has 10 nitrogen and oxygen atoms in total. The van der Waals surface area contributed by atoms with Crippen LogP contribution in [0.15, 0.2) is 52.7 Å². The van der Waals surface area contributed by atoms with Crippen molar-refractivity contribution in [2.24, 2.45) is 0 Å². The normalized spacial score (nSPS) is 24.8. The molecule has 1 aromatic heterocycles. The zero-order chi connectivity index (χ0) is 25.3. The molecule has 2 aromatic carbocycles. The van der Waals surface area contributed by atoms with Crippen LogP contribution in [0.2, 0.25) is 0 Å². The van der Waals surface area contributed by atoms with Crippen LogP contribution in [-0.2, 0) is 16.6 Å². The number of aromatic nitrogens is 2. The van der Waals surface area contributed by atoms with E-state index in [2.05, 4.69) is 19.2 Å². The van der Waals surface area contributed by atoms with E-state index in [0.717, 1.165) is 16.8 Å². The van der Waals surface area contributed by atoms with Crippen molar-refractivity contribution in [2.45, 2.75) is 29.7 Å². The number of nitrogens with zero attached hydrogens (tertiary/aromatic N) is 4. The minimum Gasteiger partial charge on any atom is -0.497 e. The molecule has 192 valence electrons. The van der Waals surface area contributed by atoms with E-state index < -0.39 is 16.1 Å². The summed E-state index contributed by atoms with van der Waals surface area (Å²) in [5.74, 6) is 0.984. The summed E-state index contributed by atoms with van der Waals surface area (Å²) >= 11 is 1.31. The molecule has 0 saturated carbocycles. The number of rotatable bonds is 4. The number of ether oxygens (including phenoxy) is 2. The van der Waals surface area contributed by atoms with E-state index in [1.165, 1.54) is 11.5 Å². The van der Waals surface area contributed by atoms with Crippen LogP contribution < -0.4 is 14.2 Å². The summed E-state index contributed by atoms with van der Waals surface area (Å²) in [6.45, 7) is 2.12. The maximum atomic E-state index is 13.2. The molecule has 3 atom stereocenters. The van der Waals surface area contributed by atoms with E-state index in [1.54, 1.807) is 25.3 Å². The standard InChI is InChI=1S/C24H29N5O5S2/c1-28-12-19(30)10-25-36(31,32)24-7-6-17(16-4-3-5-20(8-16)33-2)9-22(24)34-23-14-29(13-21(23)28)11-18-15-35-27-26-18/h3-9,15,19,21,23,25,30H,10-14H2,1-2H3/t19-,21+,23-/m0/s1. The molecule has 0 aliphatic carbocycles. The molecule has 36 heavy (non-hydrogen) atoms. The Kier molecular flexibility index (Phi) is 7.24. The molecule has 0 radical (unpaired) electrons. The molecular formula is C24H29N5O5S2. The third-order valence-electron chi connectivity index (χ3n) is 6.59. The van der Waals surface area contributed by atoms with E-state index in [9.17, 15) is 13.5 Å². The Morgan fingerprint density at radius 3 is 2.81 bits per heavy atom. The molecule has 0 unspecified atom stereocenters. The molecule has 3 heterocycles. The van der Waals surface area contributed by atoms with Crippen LogP contribution in [0, 0.1) is 0 Å². The van der Waals surface area contributed by atoms with Gasteiger partial charge >= 0.3 is 0 Å². The predicted molar refractivity (Wildman–Crippen MR) is 136 cm³/mol. The van der Waals surface area contributed by atoms with Gasteiger partial charge in [0.15, 0.2) is 0 Å². The average Bonchev–Trinajstić information content (AvgIpc) is 3.52. The Morgan fingerprint density at radius 2 is 2.03 bits per heavy atom. The van der Waals surface area contributed by atoms with Gasteiger partial charge < -0.3 is 14.6 Å². The number of likely N-dealkylation sites (tertiary alicyclic amines) is 1. The fourth-order valence-corrected chi connectivity index (χ4v) is 6.40. The van der Waals surface area contributed by atoms with Gasteiger partial charge in [-0.2, -0.15) is 0 Å². The van der Waals surface area contributed by atoms with Crippen molar-refractivity contribution in [1.82, 2.24) is 24.1 Å². The number of hydrogen-bond acceptors (Lipinski definition) is 10. The number of aliphatic hydroxyl groups is 1. The highest BCUT2D eigenvalue weighted by Gasteiger charge is 2.39. The topological polar surface area (TPSA) is 117 Å². The maximum absolute atomic E-state index is 13.2. The van der Waals surface area contributed by atoms with Crippen molar-refractivity contribution < 1.29 is 23.0 Å². The predicted octanol–water partition coefficient (Wildman–Crippen LogP) is 1.43. The first-order chi connectivity index (χ1) is 17.3. The van der Waals surface area contributed by atoms with E-state index in [-0.39, 0.29) is 29.3 Å². The monoisotopic (exact) mass is 531 g/mol. The summed E-state index contributed by atoms with van der Waals surface area (Å²) < 4.78 is 44.8. The lowest BCUT2D eigenvalue weighted by atomic mass is 10.1. The van der Waals surface area contributed by atoms with E-state index in [1.807, 2.05) is 41.6 Å². The Labute approximate surface area is 214 Å². The van der Waals surface area contributed by atoms with Crippen molar-refractivity contribution in [3.05, 3.63) is 53.5 Å². The highest BCUT2D eigenvalue weighted by atomic mass is 32.2. The molecule has 5 rings (SSSR count). The SMILES string of the molecule is COc1cccc(-c2ccc3c(c2)O[C@H]2CN(Cc4csnn4)C[C@H]2N(C)C[C@@H](O)CNS3(=O)=O)c1. The molecule has 0 spiro atoms. The molecule has 2 aliphatic heterocycles. The van der Waals surface area contributed by atoms with Crippen LogP contribution in [0.4, 0.5) is 0 Å². The number of likely N-dealkylation sites (N-methyl/N-ethyl adjacent to an activating group) is 1. The summed E-state index contributed by atoms with van der Waals surface area (Å²) in [5, 5.41) is 16.6. The van der Waals surface area contributed by atoms with Gasteiger partial charge in [0.2, 0.25) is 10.0 Å². The molecule has 12 heteroatoms. The molecule has 0 bridgehead atoms. The number of hydrogen-bond donors (Lipinski definition) is 2. The lowest BCUT2D eigenvalue weighted by molar-refractivity contribution is 0.0713. The minimum absolute atomic E-state index is 0.0480.